The summed E-state index contributed by atoms with van der Waals surface area (Å²) in [5.41, 5.74) is 7.26. The zero-order valence-electron chi connectivity index (χ0n) is 17.8. The highest BCUT2D eigenvalue weighted by Gasteiger charge is 2.28. The average Bonchev–Trinajstić information content (AvgIpc) is 2.76. The summed E-state index contributed by atoms with van der Waals surface area (Å²) < 4.78 is 5.19. The topological polar surface area (TPSA) is 111 Å². The number of hydrogen-bond acceptors (Lipinski definition) is 4. The van der Waals surface area contributed by atoms with Gasteiger partial charge in [0.05, 0.1) is 0 Å². The van der Waals surface area contributed by atoms with Crippen molar-refractivity contribution < 1.29 is 19.1 Å². The molecule has 0 heterocycles. The molecule has 0 aliphatic heterocycles. The van der Waals surface area contributed by atoms with E-state index in [0.717, 1.165) is 11.1 Å². The molecule has 7 nitrogen and oxygen atoms in total. The molecule has 0 unspecified atom stereocenters. The molecular weight excluding hydrogens is 394 g/mol. The molecule has 0 saturated heterocycles. The Morgan fingerprint density at radius 3 is 2.16 bits per heavy atom. The van der Waals surface area contributed by atoms with Crippen LogP contribution in [0, 0.1) is 5.92 Å². The second-order valence-electron chi connectivity index (χ2n) is 7.44. The fourth-order valence-electron chi connectivity index (χ4n) is 2.84. The Morgan fingerprint density at radius 1 is 0.968 bits per heavy atom. The molecule has 4 N–H and O–H groups in total. The number of ether oxygens (including phenoxy) is 1. The highest BCUT2D eigenvalue weighted by atomic mass is 16.5. The highest BCUT2D eigenvalue weighted by Crippen LogP contribution is 2.07. The number of hydrogen-bond donors (Lipinski definition) is 3. The monoisotopic (exact) mass is 423 g/mol. The maximum absolute atomic E-state index is 12.7. The summed E-state index contributed by atoms with van der Waals surface area (Å²) in [5, 5.41) is 5.20. The number of primary amides is 1. The largest absolute Gasteiger partial charge is 0.445 e. The van der Waals surface area contributed by atoms with Gasteiger partial charge in [0.1, 0.15) is 18.7 Å². The molecule has 0 radical (unpaired) electrons. The lowest BCUT2D eigenvalue weighted by atomic mass is 10.0. The van der Waals surface area contributed by atoms with E-state index in [1.807, 2.05) is 66.7 Å². The summed E-state index contributed by atoms with van der Waals surface area (Å²) in [6.07, 6.45) is 3.15. The second kappa shape index (κ2) is 12.2. The Morgan fingerprint density at radius 2 is 1.58 bits per heavy atom. The van der Waals surface area contributed by atoms with Gasteiger partial charge < -0.3 is 21.1 Å². The number of alkyl carbamates (subject to hydrolysis) is 1. The molecule has 0 aliphatic carbocycles. The van der Waals surface area contributed by atoms with Gasteiger partial charge in [0.2, 0.25) is 11.8 Å². The first-order chi connectivity index (χ1) is 14.9. The summed E-state index contributed by atoms with van der Waals surface area (Å²) >= 11 is 0. The number of nitrogens with one attached hydrogen (secondary N) is 2. The van der Waals surface area contributed by atoms with Crippen molar-refractivity contribution in [1.82, 2.24) is 10.6 Å². The van der Waals surface area contributed by atoms with Crippen LogP contribution in [0.25, 0.3) is 6.08 Å². The highest BCUT2D eigenvalue weighted by molar-refractivity contribution is 5.91. The molecule has 0 aliphatic rings. The summed E-state index contributed by atoms with van der Waals surface area (Å²) in [6.45, 7) is 3.67. The number of benzene rings is 2. The van der Waals surface area contributed by atoms with E-state index in [4.69, 9.17) is 10.5 Å². The van der Waals surface area contributed by atoms with E-state index in [0.29, 0.717) is 0 Å². The van der Waals surface area contributed by atoms with Gasteiger partial charge in [-0.2, -0.15) is 0 Å². The van der Waals surface area contributed by atoms with Crippen LogP contribution < -0.4 is 16.4 Å². The van der Waals surface area contributed by atoms with Gasteiger partial charge in [0, 0.05) is 0 Å². The molecule has 0 aromatic heterocycles. The summed E-state index contributed by atoms with van der Waals surface area (Å²) in [5.74, 6) is -1.37. The number of amides is 3. The molecule has 2 rings (SSSR count). The molecule has 0 saturated carbocycles. The van der Waals surface area contributed by atoms with Gasteiger partial charge >= 0.3 is 6.09 Å². The molecule has 164 valence electrons. The molecule has 2 atom stereocenters. The van der Waals surface area contributed by atoms with E-state index < -0.39 is 30.0 Å². The van der Waals surface area contributed by atoms with Crippen LogP contribution in [-0.2, 0) is 20.9 Å². The summed E-state index contributed by atoms with van der Waals surface area (Å²) in [4.78, 5) is 36.7. The van der Waals surface area contributed by atoms with E-state index in [9.17, 15) is 14.4 Å². The predicted molar refractivity (Wildman–Crippen MR) is 120 cm³/mol. The Hall–Kier alpha value is -3.61. The molecule has 0 spiro atoms. The number of nitrogens with two attached hydrogens (primary N) is 1. The van der Waals surface area contributed by atoms with Crippen LogP contribution in [0.4, 0.5) is 4.79 Å². The third-order valence-corrected chi connectivity index (χ3v) is 4.58. The van der Waals surface area contributed by atoms with Gasteiger partial charge in [-0.1, -0.05) is 86.7 Å². The molecule has 7 heteroatoms. The van der Waals surface area contributed by atoms with Crippen LogP contribution in [-0.4, -0.2) is 30.0 Å². The third kappa shape index (κ3) is 8.34. The number of carbonyl (C=O) groups is 3. The van der Waals surface area contributed by atoms with Crippen molar-refractivity contribution in [2.45, 2.75) is 39.0 Å². The fraction of sp³-hybridized carbons (Fsp3) is 0.292. The van der Waals surface area contributed by atoms with Crippen LogP contribution in [0.1, 0.15) is 31.4 Å². The van der Waals surface area contributed by atoms with Crippen molar-refractivity contribution in [3.8, 4) is 0 Å². The maximum atomic E-state index is 12.7. The number of carbonyl (C=O) groups excluding carboxylic acids is 3. The van der Waals surface area contributed by atoms with Crippen molar-refractivity contribution in [2.75, 3.05) is 0 Å². The lowest BCUT2D eigenvalue weighted by Gasteiger charge is -2.23. The van der Waals surface area contributed by atoms with Crippen LogP contribution in [0.15, 0.2) is 66.7 Å². The minimum atomic E-state index is -0.893. The van der Waals surface area contributed by atoms with Crippen molar-refractivity contribution in [3.05, 3.63) is 77.9 Å². The van der Waals surface area contributed by atoms with Gasteiger partial charge in [0.15, 0.2) is 0 Å². The van der Waals surface area contributed by atoms with Crippen LogP contribution in [0.5, 0.6) is 0 Å². The van der Waals surface area contributed by atoms with Crippen LogP contribution in [0.3, 0.4) is 0 Å². The van der Waals surface area contributed by atoms with Crippen molar-refractivity contribution >= 4 is 24.0 Å². The van der Waals surface area contributed by atoms with Gasteiger partial charge in [0.25, 0.3) is 0 Å². The Kier molecular flexibility index (Phi) is 9.29. The predicted octanol–water partition coefficient (Wildman–Crippen LogP) is 3.01. The number of rotatable bonds is 10. The molecule has 2 aromatic carbocycles. The first-order valence-electron chi connectivity index (χ1n) is 10.2. The summed E-state index contributed by atoms with van der Waals surface area (Å²) in [7, 11) is 0. The molecule has 0 fully saturated rings. The quantitative estimate of drug-likeness (QED) is 0.545. The molecule has 2 aromatic rings. The zero-order valence-corrected chi connectivity index (χ0v) is 17.8. The van der Waals surface area contributed by atoms with Crippen molar-refractivity contribution in [3.63, 3.8) is 0 Å². The van der Waals surface area contributed by atoms with Gasteiger partial charge in [-0.25, -0.2) is 4.79 Å². The molecular formula is C24H29N3O4. The van der Waals surface area contributed by atoms with Crippen molar-refractivity contribution in [2.24, 2.45) is 11.7 Å². The lowest BCUT2D eigenvalue weighted by molar-refractivity contribution is -0.129. The van der Waals surface area contributed by atoms with E-state index >= 15 is 0 Å². The van der Waals surface area contributed by atoms with Gasteiger partial charge in [-0.15, -0.1) is 0 Å². The van der Waals surface area contributed by atoms with Crippen LogP contribution >= 0.6 is 0 Å². The summed E-state index contributed by atoms with van der Waals surface area (Å²) in [6, 6.07) is 17.0. The Bertz CT molecular complexity index is 882. The fourth-order valence-corrected chi connectivity index (χ4v) is 2.84. The third-order valence-electron chi connectivity index (χ3n) is 4.58. The SMILES string of the molecule is CC(C)[C@@H](NC(=O)OCc1ccccc1)C(=O)N[C@@H](C/C=C/c1ccccc1)C(N)=O. The molecule has 0 bridgehead atoms. The minimum Gasteiger partial charge on any atom is -0.445 e. The first kappa shape index (κ1) is 23.7. The Balaban J connectivity index is 1.92. The smallest absolute Gasteiger partial charge is 0.408 e. The van der Waals surface area contributed by atoms with Crippen molar-refractivity contribution in [1.29, 1.82) is 0 Å². The minimum absolute atomic E-state index is 0.0906. The lowest BCUT2D eigenvalue weighted by Crippen LogP contribution is -2.54. The zero-order chi connectivity index (χ0) is 22.6. The first-order valence-corrected chi connectivity index (χ1v) is 10.2. The standard InChI is InChI=1S/C24H29N3O4/c1-17(2)21(27-24(30)31-16-19-12-7-4-8-13-19)23(29)26-20(22(25)28)15-9-14-18-10-5-3-6-11-18/h3-14,17,20-21H,15-16H2,1-2H3,(H2,25,28)(H,26,29)(H,27,30)/b14-9+/t20-,21+/m0/s1. The van der Waals surface area contributed by atoms with Gasteiger partial charge in [-0.05, 0) is 23.5 Å². The normalized spacial score (nSPS) is 12.9. The van der Waals surface area contributed by atoms with E-state index in [-0.39, 0.29) is 18.9 Å². The molecule has 3 amide bonds. The Labute approximate surface area is 182 Å². The van der Waals surface area contributed by atoms with E-state index in [2.05, 4.69) is 10.6 Å². The maximum Gasteiger partial charge on any atom is 0.408 e. The van der Waals surface area contributed by atoms with Gasteiger partial charge in [-0.3, -0.25) is 9.59 Å². The van der Waals surface area contributed by atoms with E-state index in [1.165, 1.54) is 0 Å². The van der Waals surface area contributed by atoms with E-state index in [1.54, 1.807) is 19.9 Å². The van der Waals surface area contributed by atoms with Crippen LogP contribution in [0.2, 0.25) is 0 Å². The second-order valence-corrected chi connectivity index (χ2v) is 7.44. The molecule has 31 heavy (non-hydrogen) atoms. The average molecular weight is 424 g/mol.